The smallest absolute Gasteiger partial charge is 0.0898 e. The van der Waals surface area contributed by atoms with E-state index in [1.165, 1.54) is 66.9 Å². The molecule has 0 aliphatic heterocycles. The molecule has 1 heterocycles. The Hall–Kier alpha value is -3.97. The monoisotopic (exact) mass is 405 g/mol. The molecule has 1 spiro atoms. The van der Waals surface area contributed by atoms with Gasteiger partial charge >= 0.3 is 0 Å². The first kappa shape index (κ1) is 16.7. The molecule has 0 saturated heterocycles. The van der Waals surface area contributed by atoms with Gasteiger partial charge in [-0.2, -0.15) is 0 Å². The van der Waals surface area contributed by atoms with Crippen molar-refractivity contribution in [2.24, 2.45) is 0 Å². The molecule has 3 aliphatic carbocycles. The van der Waals surface area contributed by atoms with Crippen LogP contribution in [0.3, 0.4) is 0 Å². The first-order valence-electron chi connectivity index (χ1n) is 11.3. The van der Waals surface area contributed by atoms with Gasteiger partial charge in [0.1, 0.15) is 0 Å². The largest absolute Gasteiger partial charge is 0.259 e. The Balaban J connectivity index is 1.56. The van der Waals surface area contributed by atoms with Gasteiger partial charge in [-0.15, -0.1) is 0 Å². The molecule has 3 aliphatic rings. The van der Waals surface area contributed by atoms with Gasteiger partial charge in [0, 0.05) is 11.8 Å². The van der Waals surface area contributed by atoms with Crippen LogP contribution in [0.2, 0.25) is 0 Å². The van der Waals surface area contributed by atoms with Gasteiger partial charge in [0.25, 0.3) is 0 Å². The van der Waals surface area contributed by atoms with Gasteiger partial charge in [0.2, 0.25) is 0 Å². The minimum atomic E-state index is -0.355. The summed E-state index contributed by atoms with van der Waals surface area (Å²) in [6.45, 7) is 0. The molecule has 1 unspecified atom stereocenters. The number of hydrogen-bond donors (Lipinski definition) is 0. The number of fused-ring (bicyclic) bond motifs is 13. The first-order valence-corrected chi connectivity index (χ1v) is 11.3. The molecule has 5 aromatic rings. The van der Waals surface area contributed by atoms with E-state index in [-0.39, 0.29) is 5.41 Å². The molecule has 0 N–H and O–H groups in total. The second-order valence-corrected chi connectivity index (χ2v) is 9.13. The number of rotatable bonds is 0. The number of benzene rings is 4. The lowest BCUT2D eigenvalue weighted by atomic mass is 9.72. The minimum Gasteiger partial charge on any atom is -0.259 e. The van der Waals surface area contributed by atoms with E-state index in [1.807, 2.05) is 6.20 Å². The predicted molar refractivity (Wildman–Crippen MR) is 129 cm³/mol. The third-order valence-corrected chi connectivity index (χ3v) is 7.74. The van der Waals surface area contributed by atoms with Gasteiger partial charge < -0.3 is 0 Å². The predicted octanol–water partition coefficient (Wildman–Crippen LogP) is 7.00. The molecule has 1 nitrogen and oxygen atoms in total. The van der Waals surface area contributed by atoms with Gasteiger partial charge in [0.05, 0.1) is 11.1 Å². The van der Waals surface area contributed by atoms with Crippen molar-refractivity contribution in [2.45, 2.75) is 11.8 Å². The maximum Gasteiger partial charge on any atom is 0.0898 e. The Morgan fingerprint density at radius 2 is 1.16 bits per heavy atom. The van der Waals surface area contributed by atoms with Crippen molar-refractivity contribution in [2.75, 3.05) is 0 Å². The number of aromatic nitrogens is 1. The maximum absolute atomic E-state index is 5.04. The SMILES string of the molecule is c1ccc2c(c1)Cc1cc3c(cc1-2)C1(c2ccccc2-3)c2ccccc2-c2cccnc21. The highest BCUT2D eigenvalue weighted by Crippen LogP contribution is 2.63. The molecular formula is C31H19N. The summed E-state index contributed by atoms with van der Waals surface area (Å²) in [4.78, 5) is 5.04. The highest BCUT2D eigenvalue weighted by molar-refractivity contribution is 5.96. The van der Waals surface area contributed by atoms with Crippen LogP contribution >= 0.6 is 0 Å². The quantitative estimate of drug-likeness (QED) is 0.265. The molecule has 148 valence electrons. The Bertz CT molecular complexity index is 1560. The summed E-state index contributed by atoms with van der Waals surface area (Å²) < 4.78 is 0. The van der Waals surface area contributed by atoms with E-state index in [9.17, 15) is 0 Å². The maximum atomic E-state index is 5.04. The molecule has 8 rings (SSSR count). The summed E-state index contributed by atoms with van der Waals surface area (Å²) in [5.74, 6) is 0. The van der Waals surface area contributed by atoms with Crippen molar-refractivity contribution in [1.29, 1.82) is 0 Å². The van der Waals surface area contributed by atoms with Crippen LogP contribution in [-0.2, 0) is 11.8 Å². The van der Waals surface area contributed by atoms with E-state index in [4.69, 9.17) is 4.98 Å². The molecule has 0 saturated carbocycles. The van der Waals surface area contributed by atoms with Gasteiger partial charge in [-0.1, -0.05) is 78.9 Å². The van der Waals surface area contributed by atoms with Gasteiger partial charge in [0.15, 0.2) is 0 Å². The summed E-state index contributed by atoms with van der Waals surface area (Å²) >= 11 is 0. The van der Waals surface area contributed by atoms with E-state index < -0.39 is 0 Å². The molecule has 0 bridgehead atoms. The van der Waals surface area contributed by atoms with E-state index in [1.54, 1.807) is 0 Å². The van der Waals surface area contributed by atoms with Crippen LogP contribution in [0, 0.1) is 0 Å². The summed E-state index contributed by atoms with van der Waals surface area (Å²) in [5.41, 5.74) is 15.8. The second-order valence-electron chi connectivity index (χ2n) is 9.13. The topological polar surface area (TPSA) is 12.9 Å². The zero-order chi connectivity index (χ0) is 20.9. The Morgan fingerprint density at radius 1 is 0.500 bits per heavy atom. The van der Waals surface area contributed by atoms with Crippen molar-refractivity contribution >= 4 is 0 Å². The third-order valence-electron chi connectivity index (χ3n) is 7.74. The molecule has 32 heavy (non-hydrogen) atoms. The number of nitrogens with zero attached hydrogens (tertiary/aromatic N) is 1. The van der Waals surface area contributed by atoms with Crippen LogP contribution in [-0.4, -0.2) is 4.98 Å². The average Bonchev–Trinajstić information content (AvgIpc) is 3.46. The van der Waals surface area contributed by atoms with Crippen molar-refractivity contribution < 1.29 is 0 Å². The normalized spacial score (nSPS) is 18.0. The van der Waals surface area contributed by atoms with Gasteiger partial charge in [-0.3, -0.25) is 4.98 Å². The van der Waals surface area contributed by atoms with Crippen LogP contribution in [0.1, 0.15) is 33.5 Å². The van der Waals surface area contributed by atoms with Crippen LogP contribution in [0.5, 0.6) is 0 Å². The van der Waals surface area contributed by atoms with Crippen LogP contribution < -0.4 is 0 Å². The number of pyridine rings is 1. The fraction of sp³-hybridized carbons (Fsp3) is 0.0645. The Kier molecular flexibility index (Phi) is 2.94. The molecule has 1 heteroatoms. The molecule has 0 fully saturated rings. The lowest BCUT2D eigenvalue weighted by Crippen LogP contribution is -2.27. The zero-order valence-corrected chi connectivity index (χ0v) is 17.5. The highest BCUT2D eigenvalue weighted by atomic mass is 14.7. The summed E-state index contributed by atoms with van der Waals surface area (Å²) in [7, 11) is 0. The highest BCUT2D eigenvalue weighted by Gasteiger charge is 2.53. The van der Waals surface area contributed by atoms with Crippen molar-refractivity contribution in [3.63, 3.8) is 0 Å². The molecule has 1 aromatic heterocycles. The van der Waals surface area contributed by atoms with Crippen molar-refractivity contribution in [3.05, 3.63) is 137 Å². The van der Waals surface area contributed by atoms with Crippen molar-refractivity contribution in [1.82, 2.24) is 4.98 Å². The lowest BCUT2D eigenvalue weighted by Gasteiger charge is -2.29. The van der Waals surface area contributed by atoms with Gasteiger partial charge in [-0.05, 0) is 80.3 Å². The minimum absolute atomic E-state index is 0.355. The van der Waals surface area contributed by atoms with Gasteiger partial charge in [-0.25, -0.2) is 0 Å². The molecule has 4 aromatic carbocycles. The van der Waals surface area contributed by atoms with E-state index in [0.717, 1.165) is 6.42 Å². The molecule has 0 amide bonds. The van der Waals surface area contributed by atoms with E-state index in [0.29, 0.717) is 0 Å². The van der Waals surface area contributed by atoms with Crippen LogP contribution in [0.25, 0.3) is 33.4 Å². The molecule has 1 atom stereocenters. The van der Waals surface area contributed by atoms with Crippen molar-refractivity contribution in [3.8, 4) is 33.4 Å². The fourth-order valence-electron chi connectivity index (χ4n) is 6.55. The summed E-state index contributed by atoms with van der Waals surface area (Å²) in [5, 5.41) is 0. The lowest BCUT2D eigenvalue weighted by molar-refractivity contribution is 0.760. The summed E-state index contributed by atoms with van der Waals surface area (Å²) in [6.07, 6.45) is 2.97. The van der Waals surface area contributed by atoms with E-state index in [2.05, 4.69) is 97.1 Å². The standard InChI is InChI=1S/C31H19N/c1-2-9-21-19(8-1)16-20-17-26-23-11-4-6-14-28(23)31(29(26)18-25(20)21)27-13-5-3-10-22(27)24-12-7-15-32-30(24)31/h1-15,17-18H,16H2. The first-order chi connectivity index (χ1) is 15.9. The Labute approximate surface area is 187 Å². The Morgan fingerprint density at radius 3 is 1.97 bits per heavy atom. The number of hydrogen-bond acceptors (Lipinski definition) is 1. The summed E-state index contributed by atoms with van der Waals surface area (Å²) in [6, 6.07) is 36.0. The molecule has 0 radical (unpaired) electrons. The van der Waals surface area contributed by atoms with Crippen LogP contribution in [0.15, 0.2) is 103 Å². The van der Waals surface area contributed by atoms with E-state index >= 15 is 0 Å². The zero-order valence-electron chi connectivity index (χ0n) is 17.5. The fourth-order valence-corrected chi connectivity index (χ4v) is 6.55. The average molecular weight is 406 g/mol. The van der Waals surface area contributed by atoms with Crippen LogP contribution in [0.4, 0.5) is 0 Å². The third kappa shape index (κ3) is 1.77. The molecular weight excluding hydrogens is 386 g/mol. The second kappa shape index (κ2) is 5.63.